The molecule has 1 N–H and O–H groups in total. The van der Waals surface area contributed by atoms with Crippen molar-refractivity contribution in [2.24, 2.45) is 0 Å². The van der Waals surface area contributed by atoms with Gasteiger partial charge in [0.1, 0.15) is 5.01 Å². The number of benzene rings is 1. The van der Waals surface area contributed by atoms with Crippen LogP contribution in [0.1, 0.15) is 40.7 Å². The van der Waals surface area contributed by atoms with Gasteiger partial charge in [0.25, 0.3) is 5.91 Å². The van der Waals surface area contributed by atoms with E-state index in [0.29, 0.717) is 18.5 Å². The minimum Gasteiger partial charge on any atom is -0.347 e. The van der Waals surface area contributed by atoms with Crippen molar-refractivity contribution in [3.8, 4) is 10.6 Å². The first-order valence-corrected chi connectivity index (χ1v) is 9.42. The third kappa shape index (κ3) is 3.90. The Kier molecular flexibility index (Phi) is 5.18. The topological polar surface area (TPSA) is 62.3 Å². The minimum atomic E-state index is -0.136. The molecule has 2 heterocycles. The highest BCUT2D eigenvalue weighted by Gasteiger charge is 2.30. The van der Waals surface area contributed by atoms with Crippen LogP contribution in [0.4, 0.5) is 0 Å². The summed E-state index contributed by atoms with van der Waals surface area (Å²) in [6, 6.07) is 7.40. The van der Waals surface area contributed by atoms with E-state index in [1.54, 1.807) is 17.4 Å². The van der Waals surface area contributed by atoms with Gasteiger partial charge in [0.2, 0.25) is 5.91 Å². The van der Waals surface area contributed by atoms with E-state index in [4.69, 9.17) is 0 Å². The lowest BCUT2D eigenvalue weighted by atomic mass is 10.1. The van der Waals surface area contributed by atoms with Crippen molar-refractivity contribution < 1.29 is 9.59 Å². The molecule has 25 heavy (non-hydrogen) atoms. The summed E-state index contributed by atoms with van der Waals surface area (Å²) in [5.74, 6) is -0.0161. The van der Waals surface area contributed by atoms with Gasteiger partial charge in [0, 0.05) is 35.5 Å². The molecule has 1 fully saturated rings. The Labute approximate surface area is 152 Å². The Hall–Kier alpha value is -2.21. The number of rotatable bonds is 5. The number of aromatic nitrogens is 1. The Morgan fingerprint density at radius 2 is 2.20 bits per heavy atom. The van der Waals surface area contributed by atoms with Gasteiger partial charge < -0.3 is 10.2 Å². The molecular weight excluding hydrogens is 334 g/mol. The zero-order valence-corrected chi connectivity index (χ0v) is 15.7. The van der Waals surface area contributed by atoms with Crippen LogP contribution in [0.15, 0.2) is 24.3 Å². The second-order valence-corrected chi connectivity index (χ2v) is 7.66. The van der Waals surface area contributed by atoms with Crippen LogP contribution in [0, 0.1) is 13.8 Å². The lowest BCUT2D eigenvalue weighted by Gasteiger charge is -2.16. The molecule has 0 aliphatic carbocycles. The largest absolute Gasteiger partial charge is 0.347 e. The van der Waals surface area contributed by atoms with Gasteiger partial charge in [-0.15, -0.1) is 11.3 Å². The van der Waals surface area contributed by atoms with E-state index in [2.05, 4.69) is 10.3 Å². The second kappa shape index (κ2) is 7.35. The van der Waals surface area contributed by atoms with Crippen LogP contribution in [-0.2, 0) is 4.79 Å². The summed E-state index contributed by atoms with van der Waals surface area (Å²) in [5, 5.41) is 3.92. The van der Waals surface area contributed by atoms with Crippen LogP contribution in [0.5, 0.6) is 0 Å². The average molecular weight is 357 g/mol. The Bertz CT molecular complexity index is 780. The number of hydrogen-bond acceptors (Lipinski definition) is 4. The van der Waals surface area contributed by atoms with E-state index in [-0.39, 0.29) is 17.9 Å². The van der Waals surface area contributed by atoms with Crippen molar-refractivity contribution in [1.29, 1.82) is 0 Å². The summed E-state index contributed by atoms with van der Waals surface area (Å²) < 4.78 is 0. The number of nitrogens with one attached hydrogen (secondary N) is 1. The number of likely N-dealkylation sites (tertiary alicyclic amines) is 1. The van der Waals surface area contributed by atoms with E-state index >= 15 is 0 Å². The van der Waals surface area contributed by atoms with Crippen molar-refractivity contribution >= 4 is 23.2 Å². The molecule has 0 bridgehead atoms. The van der Waals surface area contributed by atoms with E-state index in [0.717, 1.165) is 29.2 Å². The van der Waals surface area contributed by atoms with E-state index in [1.165, 1.54) is 4.88 Å². The van der Waals surface area contributed by atoms with Gasteiger partial charge in [-0.3, -0.25) is 9.59 Å². The smallest absolute Gasteiger partial charge is 0.251 e. The number of thiazole rings is 1. The monoisotopic (exact) mass is 357 g/mol. The first kappa shape index (κ1) is 17.6. The predicted octanol–water partition coefficient (Wildman–Crippen LogP) is 3.17. The number of nitrogens with zero attached hydrogens (tertiary/aromatic N) is 2. The fraction of sp³-hybridized carbons (Fsp3) is 0.421. The van der Waals surface area contributed by atoms with Gasteiger partial charge in [-0.05, 0) is 32.4 Å². The van der Waals surface area contributed by atoms with Crippen LogP contribution in [0.2, 0.25) is 0 Å². The summed E-state index contributed by atoms with van der Waals surface area (Å²) in [4.78, 5) is 32.1. The third-order valence-electron chi connectivity index (χ3n) is 4.44. The highest BCUT2D eigenvalue weighted by atomic mass is 32.1. The maximum Gasteiger partial charge on any atom is 0.251 e. The number of carbonyl (C=O) groups is 2. The molecule has 1 saturated heterocycles. The number of carbonyl (C=O) groups excluding carboxylic acids is 2. The fourth-order valence-corrected chi connectivity index (χ4v) is 3.92. The maximum absolute atomic E-state index is 12.6. The number of hydrogen-bond donors (Lipinski definition) is 1. The Balaban J connectivity index is 1.71. The Morgan fingerprint density at radius 3 is 2.88 bits per heavy atom. The van der Waals surface area contributed by atoms with Crippen LogP contribution < -0.4 is 5.32 Å². The van der Waals surface area contributed by atoms with Gasteiger partial charge in [-0.25, -0.2) is 4.98 Å². The van der Waals surface area contributed by atoms with Gasteiger partial charge >= 0.3 is 0 Å². The molecule has 132 valence electrons. The lowest BCUT2D eigenvalue weighted by molar-refractivity contribution is -0.127. The standard InChI is InChI=1S/C19H23N3O2S/c1-4-8-22-11-16(10-17(22)23)21-18(24)14-6-5-7-15(9-14)19-20-12(2)13(3)25-19/h5-7,9,16H,4,8,10-11H2,1-3H3,(H,21,24)/t16-/m0/s1. The van der Waals surface area contributed by atoms with E-state index in [9.17, 15) is 9.59 Å². The number of aryl methyl sites for hydroxylation is 2. The zero-order chi connectivity index (χ0) is 18.0. The van der Waals surface area contributed by atoms with Crippen molar-refractivity contribution in [3.05, 3.63) is 40.4 Å². The molecule has 3 rings (SSSR count). The molecule has 1 atom stereocenters. The van der Waals surface area contributed by atoms with Gasteiger partial charge in [0.05, 0.1) is 11.7 Å². The molecule has 2 amide bonds. The number of amides is 2. The first-order chi connectivity index (χ1) is 12.0. The maximum atomic E-state index is 12.6. The molecule has 1 aliphatic rings. The molecule has 1 aromatic carbocycles. The lowest BCUT2D eigenvalue weighted by Crippen LogP contribution is -2.37. The molecule has 6 heteroatoms. The summed E-state index contributed by atoms with van der Waals surface area (Å²) in [6.45, 7) is 7.44. The summed E-state index contributed by atoms with van der Waals surface area (Å²) in [6.07, 6.45) is 1.32. The van der Waals surface area contributed by atoms with Crippen molar-refractivity contribution in [1.82, 2.24) is 15.2 Å². The molecule has 1 aromatic heterocycles. The average Bonchev–Trinajstić information content (AvgIpc) is 3.10. The molecule has 1 aliphatic heterocycles. The van der Waals surface area contributed by atoms with Gasteiger partial charge in [-0.1, -0.05) is 19.1 Å². The predicted molar refractivity (Wildman–Crippen MR) is 99.8 cm³/mol. The first-order valence-electron chi connectivity index (χ1n) is 8.61. The van der Waals surface area contributed by atoms with Crippen molar-refractivity contribution in [3.63, 3.8) is 0 Å². The highest BCUT2D eigenvalue weighted by Crippen LogP contribution is 2.27. The highest BCUT2D eigenvalue weighted by molar-refractivity contribution is 7.15. The van der Waals surface area contributed by atoms with Crippen molar-refractivity contribution in [2.45, 2.75) is 39.7 Å². The minimum absolute atomic E-state index is 0.112. The summed E-state index contributed by atoms with van der Waals surface area (Å²) >= 11 is 1.63. The van der Waals surface area contributed by atoms with E-state index in [1.807, 2.05) is 43.9 Å². The van der Waals surface area contributed by atoms with Crippen LogP contribution in [0.3, 0.4) is 0 Å². The van der Waals surface area contributed by atoms with E-state index < -0.39 is 0 Å². The van der Waals surface area contributed by atoms with Crippen LogP contribution >= 0.6 is 11.3 Å². The summed E-state index contributed by atoms with van der Waals surface area (Å²) in [5.41, 5.74) is 2.57. The fourth-order valence-electron chi connectivity index (χ4n) is 3.01. The molecule has 2 aromatic rings. The molecule has 0 unspecified atom stereocenters. The second-order valence-electron chi connectivity index (χ2n) is 6.46. The molecule has 5 nitrogen and oxygen atoms in total. The molecule has 0 radical (unpaired) electrons. The van der Waals surface area contributed by atoms with Crippen LogP contribution in [0.25, 0.3) is 10.6 Å². The van der Waals surface area contributed by atoms with Gasteiger partial charge in [-0.2, -0.15) is 0 Å². The molecule has 0 spiro atoms. The zero-order valence-electron chi connectivity index (χ0n) is 14.8. The van der Waals surface area contributed by atoms with Gasteiger partial charge in [0.15, 0.2) is 0 Å². The Morgan fingerprint density at radius 1 is 1.40 bits per heavy atom. The van der Waals surface area contributed by atoms with Crippen molar-refractivity contribution in [2.75, 3.05) is 13.1 Å². The quantitative estimate of drug-likeness (QED) is 0.894. The third-order valence-corrected chi connectivity index (χ3v) is 5.57. The molecular formula is C19H23N3O2S. The molecule has 0 saturated carbocycles. The summed E-state index contributed by atoms with van der Waals surface area (Å²) in [7, 11) is 0. The SMILES string of the molecule is CCCN1C[C@@H](NC(=O)c2cccc(-c3nc(C)c(C)s3)c2)CC1=O. The normalized spacial score (nSPS) is 17.2. The van der Waals surface area contributed by atoms with Crippen LogP contribution in [-0.4, -0.2) is 40.8 Å².